The summed E-state index contributed by atoms with van der Waals surface area (Å²) in [5.74, 6) is 0.698. The molecule has 2 nitrogen and oxygen atoms in total. The van der Waals surface area contributed by atoms with Gasteiger partial charge in [0.05, 0.1) is 4.70 Å². The molecule has 0 aromatic carbocycles. The molecule has 3 rings (SSSR count). The summed E-state index contributed by atoms with van der Waals surface area (Å²) in [6.45, 7) is 2.06. The summed E-state index contributed by atoms with van der Waals surface area (Å²) in [6.07, 6.45) is 4.45. The number of aromatic nitrogens is 1. The van der Waals surface area contributed by atoms with Gasteiger partial charge in [-0.1, -0.05) is 0 Å². The van der Waals surface area contributed by atoms with Gasteiger partial charge in [0, 0.05) is 16.5 Å². The van der Waals surface area contributed by atoms with Gasteiger partial charge >= 0.3 is 0 Å². The SMILES string of the molecule is Cc1cc2c(C3CC3)c[nH]c(=O)c2s1. The first kappa shape index (κ1) is 8.24. The van der Waals surface area contributed by atoms with Gasteiger partial charge in [-0.05, 0) is 37.3 Å². The fraction of sp³-hybridized carbons (Fsp3) is 0.364. The second-order valence-electron chi connectivity index (χ2n) is 3.95. The van der Waals surface area contributed by atoms with Gasteiger partial charge in [0.25, 0.3) is 5.56 Å². The topological polar surface area (TPSA) is 32.9 Å². The van der Waals surface area contributed by atoms with Crippen molar-refractivity contribution in [3.8, 4) is 0 Å². The lowest BCUT2D eigenvalue weighted by Crippen LogP contribution is -2.04. The summed E-state index contributed by atoms with van der Waals surface area (Å²) in [6, 6.07) is 2.14. The molecule has 14 heavy (non-hydrogen) atoms. The van der Waals surface area contributed by atoms with Gasteiger partial charge in [-0.3, -0.25) is 4.79 Å². The molecule has 0 amide bonds. The highest BCUT2D eigenvalue weighted by atomic mass is 32.1. The normalized spacial score (nSPS) is 16.4. The van der Waals surface area contributed by atoms with Crippen LogP contribution in [0.5, 0.6) is 0 Å². The molecule has 2 aromatic rings. The van der Waals surface area contributed by atoms with E-state index in [1.165, 1.54) is 28.7 Å². The number of aryl methyl sites for hydroxylation is 1. The van der Waals surface area contributed by atoms with Gasteiger partial charge in [-0.25, -0.2) is 0 Å². The van der Waals surface area contributed by atoms with Crippen LogP contribution in [0.4, 0.5) is 0 Å². The summed E-state index contributed by atoms with van der Waals surface area (Å²) in [5.41, 5.74) is 1.39. The number of rotatable bonds is 1. The zero-order valence-corrected chi connectivity index (χ0v) is 8.78. The van der Waals surface area contributed by atoms with Crippen LogP contribution in [0.3, 0.4) is 0 Å². The number of aromatic amines is 1. The van der Waals surface area contributed by atoms with E-state index < -0.39 is 0 Å². The van der Waals surface area contributed by atoms with Crippen LogP contribution < -0.4 is 5.56 Å². The lowest BCUT2D eigenvalue weighted by molar-refractivity contribution is 1.11. The van der Waals surface area contributed by atoms with E-state index in [2.05, 4.69) is 18.0 Å². The number of H-pyrrole nitrogens is 1. The van der Waals surface area contributed by atoms with Gasteiger partial charge < -0.3 is 4.98 Å². The molecule has 1 aliphatic carbocycles. The second-order valence-corrected chi connectivity index (χ2v) is 5.20. The molecule has 1 aliphatic rings. The highest BCUT2D eigenvalue weighted by Crippen LogP contribution is 2.43. The third-order valence-electron chi connectivity index (χ3n) is 2.75. The van der Waals surface area contributed by atoms with Crippen LogP contribution in [-0.4, -0.2) is 4.98 Å². The third-order valence-corrected chi connectivity index (χ3v) is 3.80. The third kappa shape index (κ3) is 1.12. The summed E-state index contributed by atoms with van der Waals surface area (Å²) in [5, 5.41) is 1.18. The maximum absolute atomic E-state index is 11.5. The molecule has 0 spiro atoms. The molecular formula is C11H11NOS. The van der Waals surface area contributed by atoms with Crippen molar-refractivity contribution < 1.29 is 0 Å². The lowest BCUT2D eigenvalue weighted by atomic mass is 10.1. The molecule has 1 saturated carbocycles. The Labute approximate surface area is 85.6 Å². The van der Waals surface area contributed by atoms with Crippen molar-refractivity contribution >= 4 is 21.4 Å². The number of hydrogen-bond donors (Lipinski definition) is 1. The van der Waals surface area contributed by atoms with Crippen LogP contribution in [0.25, 0.3) is 10.1 Å². The Morgan fingerprint density at radius 3 is 3.00 bits per heavy atom. The van der Waals surface area contributed by atoms with Crippen LogP contribution in [0.2, 0.25) is 0 Å². The van der Waals surface area contributed by atoms with Crippen LogP contribution in [0.1, 0.15) is 29.2 Å². The Balaban J connectivity index is 2.40. The second kappa shape index (κ2) is 2.70. The molecule has 1 fully saturated rings. The summed E-state index contributed by atoms with van der Waals surface area (Å²) in [4.78, 5) is 15.6. The first-order valence-corrected chi connectivity index (χ1v) is 5.69. The fourth-order valence-electron chi connectivity index (χ4n) is 1.92. The van der Waals surface area contributed by atoms with Gasteiger partial charge in [-0.2, -0.15) is 0 Å². The van der Waals surface area contributed by atoms with E-state index >= 15 is 0 Å². The van der Waals surface area contributed by atoms with Crippen molar-refractivity contribution in [1.82, 2.24) is 4.98 Å². The zero-order valence-electron chi connectivity index (χ0n) is 7.96. The minimum absolute atomic E-state index is 0.0579. The first-order valence-electron chi connectivity index (χ1n) is 4.87. The predicted molar refractivity (Wildman–Crippen MR) is 59.2 cm³/mol. The highest BCUT2D eigenvalue weighted by Gasteiger charge is 2.26. The van der Waals surface area contributed by atoms with Crippen LogP contribution in [0, 0.1) is 6.92 Å². The summed E-state index contributed by atoms with van der Waals surface area (Å²) in [7, 11) is 0. The Morgan fingerprint density at radius 1 is 1.50 bits per heavy atom. The minimum atomic E-state index is 0.0579. The van der Waals surface area contributed by atoms with Crippen molar-refractivity contribution in [3.63, 3.8) is 0 Å². The minimum Gasteiger partial charge on any atom is -0.328 e. The first-order chi connectivity index (χ1) is 6.75. The molecule has 1 N–H and O–H groups in total. The van der Waals surface area contributed by atoms with Crippen molar-refractivity contribution in [1.29, 1.82) is 0 Å². The van der Waals surface area contributed by atoms with E-state index in [0.717, 1.165) is 4.70 Å². The number of thiophene rings is 1. The molecule has 3 heteroatoms. The van der Waals surface area contributed by atoms with Crippen LogP contribution in [-0.2, 0) is 0 Å². The van der Waals surface area contributed by atoms with Crippen molar-refractivity contribution in [2.24, 2.45) is 0 Å². The number of fused-ring (bicyclic) bond motifs is 1. The average molecular weight is 205 g/mol. The summed E-state index contributed by atoms with van der Waals surface area (Å²) >= 11 is 1.59. The Kier molecular flexibility index (Phi) is 1.59. The number of hydrogen-bond acceptors (Lipinski definition) is 2. The number of nitrogens with one attached hydrogen (secondary N) is 1. The molecule has 0 radical (unpaired) electrons. The molecule has 0 atom stereocenters. The average Bonchev–Trinajstić information content (AvgIpc) is 2.89. The zero-order chi connectivity index (χ0) is 9.71. The Hall–Kier alpha value is -1.09. The van der Waals surface area contributed by atoms with Gasteiger partial charge in [0.2, 0.25) is 0 Å². The van der Waals surface area contributed by atoms with E-state index in [0.29, 0.717) is 5.92 Å². The van der Waals surface area contributed by atoms with Crippen molar-refractivity contribution in [2.75, 3.05) is 0 Å². The monoisotopic (exact) mass is 205 g/mol. The molecule has 0 aliphatic heterocycles. The van der Waals surface area contributed by atoms with Crippen molar-refractivity contribution in [3.05, 3.63) is 33.1 Å². The van der Waals surface area contributed by atoms with Crippen LogP contribution >= 0.6 is 11.3 Å². The van der Waals surface area contributed by atoms with E-state index in [1.807, 2.05) is 6.20 Å². The molecule has 0 unspecified atom stereocenters. The summed E-state index contributed by atoms with van der Waals surface area (Å²) < 4.78 is 0.895. The Morgan fingerprint density at radius 2 is 2.29 bits per heavy atom. The largest absolute Gasteiger partial charge is 0.328 e. The standard InChI is InChI=1S/C11H11NOS/c1-6-4-8-9(7-2-3-7)5-12-11(13)10(8)14-6/h4-5,7H,2-3H2,1H3,(H,12,13). The van der Waals surface area contributed by atoms with Crippen molar-refractivity contribution in [2.45, 2.75) is 25.7 Å². The Bertz CT molecular complexity index is 548. The number of pyridine rings is 1. The maximum atomic E-state index is 11.5. The molecular weight excluding hydrogens is 194 g/mol. The fourth-order valence-corrected chi connectivity index (χ4v) is 2.85. The molecule has 0 saturated heterocycles. The predicted octanol–water partition coefficient (Wildman–Crippen LogP) is 2.78. The smallest absolute Gasteiger partial charge is 0.265 e. The molecule has 2 heterocycles. The van der Waals surface area contributed by atoms with Gasteiger partial charge in [-0.15, -0.1) is 11.3 Å². The van der Waals surface area contributed by atoms with Gasteiger partial charge in [0.1, 0.15) is 0 Å². The van der Waals surface area contributed by atoms with Gasteiger partial charge in [0.15, 0.2) is 0 Å². The van der Waals surface area contributed by atoms with E-state index in [-0.39, 0.29) is 5.56 Å². The lowest BCUT2D eigenvalue weighted by Gasteiger charge is -1.98. The quantitative estimate of drug-likeness (QED) is 0.763. The molecule has 72 valence electrons. The maximum Gasteiger partial charge on any atom is 0.265 e. The highest BCUT2D eigenvalue weighted by molar-refractivity contribution is 7.18. The van der Waals surface area contributed by atoms with Crippen LogP contribution in [0.15, 0.2) is 17.1 Å². The van der Waals surface area contributed by atoms with E-state index in [9.17, 15) is 4.79 Å². The molecule has 0 bridgehead atoms. The van der Waals surface area contributed by atoms with E-state index in [1.54, 1.807) is 11.3 Å². The molecule has 2 aromatic heterocycles. The van der Waals surface area contributed by atoms with E-state index in [4.69, 9.17) is 0 Å².